The lowest BCUT2D eigenvalue weighted by molar-refractivity contribution is 0.0928. The van der Waals surface area contributed by atoms with E-state index >= 15 is 0 Å². The number of hydrogen-bond acceptors (Lipinski definition) is 3. The van der Waals surface area contributed by atoms with Gasteiger partial charge in [-0.25, -0.2) is 22.0 Å². The van der Waals surface area contributed by atoms with Gasteiger partial charge in [0.2, 0.25) is 11.3 Å². The summed E-state index contributed by atoms with van der Waals surface area (Å²) >= 11 is 5.96. The summed E-state index contributed by atoms with van der Waals surface area (Å²) in [7, 11) is -2.65. The van der Waals surface area contributed by atoms with Crippen LogP contribution < -0.4 is 0 Å². The molecule has 0 aliphatic heterocycles. The fourth-order valence-electron chi connectivity index (χ4n) is 1.80. The Morgan fingerprint density at radius 2 is 1.83 bits per heavy atom. The van der Waals surface area contributed by atoms with Crippen molar-refractivity contribution in [1.29, 1.82) is 0 Å². The van der Waals surface area contributed by atoms with E-state index in [9.17, 15) is 26.2 Å². The molecule has 126 valence electrons. The highest BCUT2D eigenvalue weighted by Crippen LogP contribution is 2.34. The van der Waals surface area contributed by atoms with E-state index in [0.29, 0.717) is 0 Å². The van der Waals surface area contributed by atoms with Crippen molar-refractivity contribution in [2.45, 2.75) is 30.2 Å². The molecule has 10 heteroatoms. The molecule has 1 aromatic heterocycles. The van der Waals surface area contributed by atoms with Crippen LogP contribution >= 0.6 is 11.6 Å². The van der Waals surface area contributed by atoms with Crippen molar-refractivity contribution in [3.8, 4) is 11.3 Å². The van der Waals surface area contributed by atoms with E-state index < -0.39 is 34.9 Å². The van der Waals surface area contributed by atoms with Gasteiger partial charge in [0.1, 0.15) is 5.69 Å². The molecule has 23 heavy (non-hydrogen) atoms. The molecule has 0 saturated heterocycles. The third-order valence-corrected chi connectivity index (χ3v) is 4.70. The number of aromatic nitrogens is 1. The van der Waals surface area contributed by atoms with Gasteiger partial charge >= 0.3 is 0 Å². The first-order valence-corrected chi connectivity index (χ1v) is 7.69. The molecular weight excluding hydrogens is 365 g/mol. The number of aryl methyl sites for hydroxylation is 1. The highest BCUT2D eigenvalue weighted by Gasteiger charge is 2.29. The quantitative estimate of drug-likeness (QED) is 0.699. The maximum Gasteiger partial charge on any atom is 0.298 e. The normalized spacial score (nSPS) is 14.5. The van der Waals surface area contributed by atoms with E-state index in [-0.39, 0.29) is 26.7 Å². The van der Waals surface area contributed by atoms with E-state index in [4.69, 9.17) is 11.6 Å². The molecule has 2 unspecified atom stereocenters. The first-order chi connectivity index (χ1) is 10.7. The molecule has 0 saturated carbocycles. The first-order valence-electron chi connectivity index (χ1n) is 6.10. The second-order valence-corrected chi connectivity index (χ2v) is 6.39. The molecule has 0 aliphatic rings. The van der Waals surface area contributed by atoms with Crippen LogP contribution in [0.4, 0.5) is 22.0 Å². The zero-order chi connectivity index (χ0) is 17.3. The average molecular weight is 374 g/mol. The molecule has 0 radical (unpaired) electrons. The lowest BCUT2D eigenvalue weighted by Gasteiger charge is -2.12. The molecule has 0 N–H and O–H groups in total. The highest BCUT2D eigenvalue weighted by atomic mass is 35.5. The van der Waals surface area contributed by atoms with Crippen LogP contribution in [0.25, 0.3) is 11.3 Å². The summed E-state index contributed by atoms with van der Waals surface area (Å²) in [4.78, 5) is -0.223. The van der Waals surface area contributed by atoms with E-state index in [2.05, 4.69) is 9.68 Å². The van der Waals surface area contributed by atoms with Crippen LogP contribution in [0.1, 0.15) is 17.7 Å². The Labute approximate surface area is 134 Å². The number of alkyl halides is 5. The van der Waals surface area contributed by atoms with Crippen LogP contribution in [0, 0.1) is 6.92 Å². The molecular formula is C13H9ClF5NO2S. The van der Waals surface area contributed by atoms with E-state index in [1.807, 2.05) is 0 Å². The summed E-state index contributed by atoms with van der Waals surface area (Å²) in [6.45, 7) is 1.41. The van der Waals surface area contributed by atoms with Gasteiger partial charge in [-0.2, -0.15) is 0 Å². The highest BCUT2D eigenvalue weighted by molar-refractivity contribution is 7.85. The summed E-state index contributed by atoms with van der Waals surface area (Å²) < 4.78 is 79.4. The maximum atomic E-state index is 13.3. The summed E-state index contributed by atoms with van der Waals surface area (Å²) in [6, 6.07) is 3.25. The molecule has 0 spiro atoms. The zero-order valence-corrected chi connectivity index (χ0v) is 13.0. The number of halogens is 6. The molecule has 1 aromatic carbocycles. The van der Waals surface area contributed by atoms with Gasteiger partial charge in [0, 0.05) is 16.5 Å². The van der Waals surface area contributed by atoms with Crippen molar-refractivity contribution in [2.24, 2.45) is 0 Å². The molecule has 2 rings (SSSR count). The van der Waals surface area contributed by atoms with Gasteiger partial charge in [0.25, 0.3) is 12.9 Å². The summed E-state index contributed by atoms with van der Waals surface area (Å²) in [5.41, 5.74) is -2.73. The summed E-state index contributed by atoms with van der Waals surface area (Å²) in [5.74, 6) is -0.713. The van der Waals surface area contributed by atoms with Crippen LogP contribution in [0.5, 0.6) is 0 Å². The van der Waals surface area contributed by atoms with E-state index in [1.165, 1.54) is 13.0 Å². The first kappa shape index (κ1) is 17.9. The number of hydrogen-bond donors (Lipinski definition) is 0. The Balaban J connectivity index is 2.49. The van der Waals surface area contributed by atoms with Gasteiger partial charge in [-0.3, -0.25) is 4.21 Å². The lowest BCUT2D eigenvalue weighted by atomic mass is 10.1. The van der Waals surface area contributed by atoms with Crippen molar-refractivity contribution in [3.63, 3.8) is 0 Å². The van der Waals surface area contributed by atoms with E-state index in [1.54, 1.807) is 0 Å². The Morgan fingerprint density at radius 1 is 1.17 bits per heavy atom. The SMILES string of the molecule is Cc1cc(Cl)c(-c2cc(C(F)F)on2)cc1S(=O)C(F)C(F)F. The molecule has 2 aromatic rings. The van der Waals surface area contributed by atoms with Crippen LogP contribution in [0.2, 0.25) is 5.02 Å². The molecule has 2 atom stereocenters. The van der Waals surface area contributed by atoms with Crippen molar-refractivity contribution in [3.05, 3.63) is 34.5 Å². The molecule has 0 fully saturated rings. The number of nitrogens with zero attached hydrogens (tertiary/aromatic N) is 1. The Bertz CT molecular complexity index is 737. The van der Waals surface area contributed by atoms with Crippen molar-refractivity contribution >= 4 is 22.4 Å². The third-order valence-electron chi connectivity index (χ3n) is 2.90. The summed E-state index contributed by atoms with van der Waals surface area (Å²) in [6.07, 6.45) is -6.32. The van der Waals surface area contributed by atoms with Crippen LogP contribution in [0.3, 0.4) is 0 Å². The lowest BCUT2D eigenvalue weighted by Crippen LogP contribution is -2.19. The van der Waals surface area contributed by atoms with Crippen LogP contribution in [0.15, 0.2) is 27.6 Å². The minimum Gasteiger partial charge on any atom is -0.355 e. The fraction of sp³-hybridized carbons (Fsp3) is 0.308. The second kappa shape index (κ2) is 6.96. The Kier molecular flexibility index (Phi) is 5.41. The molecule has 3 nitrogen and oxygen atoms in total. The Morgan fingerprint density at radius 3 is 2.35 bits per heavy atom. The fourth-order valence-corrected chi connectivity index (χ4v) is 3.15. The van der Waals surface area contributed by atoms with Gasteiger partial charge in [-0.1, -0.05) is 16.8 Å². The predicted octanol–water partition coefficient (Wildman–Crippen LogP) is 4.91. The number of rotatable bonds is 5. The second-order valence-electron chi connectivity index (χ2n) is 4.50. The minimum atomic E-state index is -3.42. The molecule has 1 heterocycles. The largest absolute Gasteiger partial charge is 0.355 e. The monoisotopic (exact) mass is 373 g/mol. The van der Waals surface area contributed by atoms with Gasteiger partial charge in [-0.15, -0.1) is 0 Å². The summed E-state index contributed by atoms with van der Waals surface area (Å²) in [5, 5.41) is 3.44. The average Bonchev–Trinajstić information content (AvgIpc) is 2.95. The Hall–Kier alpha value is -1.48. The minimum absolute atomic E-state index is 0.0257. The predicted molar refractivity (Wildman–Crippen MR) is 74.0 cm³/mol. The van der Waals surface area contributed by atoms with Crippen molar-refractivity contribution in [1.82, 2.24) is 5.16 Å². The van der Waals surface area contributed by atoms with Crippen molar-refractivity contribution < 1.29 is 30.7 Å². The van der Waals surface area contributed by atoms with E-state index in [0.717, 1.165) is 12.1 Å². The number of benzene rings is 1. The molecule has 0 aliphatic carbocycles. The van der Waals surface area contributed by atoms with Gasteiger partial charge in [0.05, 0.1) is 15.8 Å². The topological polar surface area (TPSA) is 43.1 Å². The molecule has 0 amide bonds. The third kappa shape index (κ3) is 3.72. The van der Waals surface area contributed by atoms with Gasteiger partial charge < -0.3 is 4.52 Å². The van der Waals surface area contributed by atoms with Crippen LogP contribution in [-0.4, -0.2) is 21.3 Å². The molecule has 0 bridgehead atoms. The standard InChI is InChI=1S/C13H9ClF5NO2S/c1-5-2-7(14)6(8-4-9(11(15)16)22-20-8)3-10(5)23(21)13(19)12(17)18/h2-4,11-13H,1H3. The zero-order valence-electron chi connectivity index (χ0n) is 11.4. The maximum absolute atomic E-state index is 13.3. The smallest absolute Gasteiger partial charge is 0.298 e. The van der Waals surface area contributed by atoms with Gasteiger partial charge in [0.15, 0.2) is 0 Å². The van der Waals surface area contributed by atoms with Gasteiger partial charge in [-0.05, 0) is 24.6 Å². The van der Waals surface area contributed by atoms with Crippen molar-refractivity contribution in [2.75, 3.05) is 0 Å². The van der Waals surface area contributed by atoms with Crippen LogP contribution in [-0.2, 0) is 10.8 Å².